The number of thiazole rings is 2. The molecule has 13 heteroatoms. The molecule has 0 bridgehead atoms. The van der Waals surface area contributed by atoms with Crippen molar-refractivity contribution in [3.8, 4) is 0 Å². The number of halogens is 1. The minimum Gasteiger partial charge on any atom is -0.443 e. The Balaban J connectivity index is 0.000000151. The zero-order valence-corrected chi connectivity index (χ0v) is 25.3. The first-order valence-electron chi connectivity index (χ1n) is 13.1. The van der Waals surface area contributed by atoms with E-state index in [1.165, 1.54) is 50.1 Å². The van der Waals surface area contributed by atoms with E-state index in [0.717, 1.165) is 52.4 Å². The second kappa shape index (κ2) is 12.8. The zero-order valence-electron chi connectivity index (χ0n) is 22.1. The molecule has 0 saturated carbocycles. The molecule has 38 heavy (non-hydrogen) atoms. The van der Waals surface area contributed by atoms with Crippen LogP contribution in [0.15, 0.2) is 3.92 Å². The van der Waals surface area contributed by atoms with Gasteiger partial charge < -0.3 is 20.3 Å². The lowest BCUT2D eigenvalue weighted by atomic mass is 10.1. The van der Waals surface area contributed by atoms with E-state index in [1.54, 1.807) is 32.1 Å². The smallest absolute Gasteiger partial charge is 0.417 e. The molecule has 2 aromatic heterocycles. The van der Waals surface area contributed by atoms with Gasteiger partial charge in [0.1, 0.15) is 15.4 Å². The molecule has 0 aromatic carbocycles. The van der Waals surface area contributed by atoms with Gasteiger partial charge in [0.2, 0.25) is 0 Å². The van der Waals surface area contributed by atoms with Crippen molar-refractivity contribution in [2.24, 2.45) is 0 Å². The maximum absolute atomic E-state index is 12.1. The standard InChI is InChI=1S/C11H13BrN2O3S.C10H13N3OS.C4H9N/c1-11(2,3)17-10(16)14-5-4-6-7(8(14)15)18-9(12)13-6;14-9-8-7(3-4-11-9)12-10(15-8)13-5-1-2-6-13;1-2-4-5-3-1/h4-5H2,1-3H3;1-6H2,(H,11,14);5H,1-4H2. The third kappa shape index (κ3) is 7.51. The van der Waals surface area contributed by atoms with Crippen molar-refractivity contribution >= 4 is 61.6 Å². The average molecular weight is 628 g/mol. The maximum atomic E-state index is 12.1. The second-order valence-electron chi connectivity index (χ2n) is 10.4. The number of nitrogens with one attached hydrogen (secondary N) is 2. The molecule has 2 aromatic rings. The van der Waals surface area contributed by atoms with E-state index in [9.17, 15) is 14.4 Å². The first-order chi connectivity index (χ1) is 18.1. The van der Waals surface area contributed by atoms with Crippen LogP contribution in [0.4, 0.5) is 9.93 Å². The minimum absolute atomic E-state index is 0.0548. The van der Waals surface area contributed by atoms with Crippen LogP contribution >= 0.6 is 38.6 Å². The molecule has 4 aliphatic heterocycles. The number of hydrogen-bond acceptors (Lipinski definition) is 10. The molecule has 3 amide bonds. The van der Waals surface area contributed by atoms with Crippen molar-refractivity contribution in [2.75, 3.05) is 44.2 Å². The molecule has 2 fully saturated rings. The summed E-state index contributed by atoms with van der Waals surface area (Å²) in [7, 11) is 0. The Morgan fingerprint density at radius 1 is 0.921 bits per heavy atom. The summed E-state index contributed by atoms with van der Waals surface area (Å²) in [4.78, 5) is 49.1. The number of aromatic nitrogens is 2. The number of ether oxygens (including phenoxy) is 1. The Hall–Kier alpha value is -2.09. The van der Waals surface area contributed by atoms with Crippen molar-refractivity contribution in [3.05, 3.63) is 25.1 Å². The Bertz CT molecular complexity index is 1140. The van der Waals surface area contributed by atoms with Crippen LogP contribution in [0, 0.1) is 0 Å². The van der Waals surface area contributed by atoms with Crippen LogP contribution in [0.2, 0.25) is 0 Å². The number of fused-ring (bicyclic) bond motifs is 2. The molecule has 208 valence electrons. The number of imide groups is 1. The van der Waals surface area contributed by atoms with E-state index in [-0.39, 0.29) is 11.8 Å². The van der Waals surface area contributed by atoms with Gasteiger partial charge in [-0.2, -0.15) is 0 Å². The van der Waals surface area contributed by atoms with Gasteiger partial charge in [0.15, 0.2) is 9.05 Å². The number of nitrogens with zero attached hydrogens (tertiary/aromatic N) is 4. The SMILES string of the molecule is C1CCNC1.CC(C)(C)OC(=O)N1CCc2nc(Br)sc2C1=O.O=C1NCCc2nc(N3CCCC3)sc21. The summed E-state index contributed by atoms with van der Waals surface area (Å²) in [5, 5.41) is 7.11. The van der Waals surface area contributed by atoms with Crippen LogP contribution < -0.4 is 15.5 Å². The van der Waals surface area contributed by atoms with Gasteiger partial charge in [-0.1, -0.05) is 11.3 Å². The van der Waals surface area contributed by atoms with Crippen molar-refractivity contribution in [3.63, 3.8) is 0 Å². The Morgan fingerprint density at radius 3 is 2.21 bits per heavy atom. The second-order valence-corrected chi connectivity index (χ2v) is 13.6. The van der Waals surface area contributed by atoms with Gasteiger partial charge in [0.25, 0.3) is 11.8 Å². The zero-order chi connectivity index (χ0) is 27.3. The average Bonchev–Trinajstić information content (AvgIpc) is 3.66. The van der Waals surface area contributed by atoms with Gasteiger partial charge in [-0.3, -0.25) is 9.59 Å². The molecular formula is C25H35BrN6O4S2. The predicted molar refractivity (Wildman–Crippen MR) is 152 cm³/mol. The molecule has 0 atom stereocenters. The molecule has 4 aliphatic rings. The topological polar surface area (TPSA) is 117 Å². The molecule has 0 radical (unpaired) electrons. The highest BCUT2D eigenvalue weighted by Gasteiger charge is 2.34. The fraction of sp³-hybridized carbons (Fsp3) is 0.640. The van der Waals surface area contributed by atoms with Crippen molar-refractivity contribution in [1.82, 2.24) is 25.5 Å². The first-order valence-corrected chi connectivity index (χ1v) is 15.5. The summed E-state index contributed by atoms with van der Waals surface area (Å²) in [6, 6.07) is 0. The lowest BCUT2D eigenvalue weighted by molar-refractivity contribution is 0.0235. The number of hydrogen-bond donors (Lipinski definition) is 2. The van der Waals surface area contributed by atoms with Gasteiger partial charge in [-0.15, -0.1) is 11.3 Å². The minimum atomic E-state index is -0.605. The molecule has 6 rings (SSSR count). The fourth-order valence-electron chi connectivity index (χ4n) is 4.32. The summed E-state index contributed by atoms with van der Waals surface area (Å²) in [5.74, 6) is -0.270. The number of rotatable bonds is 1. The lowest BCUT2D eigenvalue weighted by Gasteiger charge is -2.27. The van der Waals surface area contributed by atoms with E-state index < -0.39 is 11.7 Å². The van der Waals surface area contributed by atoms with Crippen LogP contribution in [0.5, 0.6) is 0 Å². The molecular weight excluding hydrogens is 592 g/mol. The number of carbonyl (C=O) groups excluding carboxylic acids is 3. The maximum Gasteiger partial charge on any atom is 0.417 e. The van der Waals surface area contributed by atoms with Crippen molar-refractivity contribution < 1.29 is 19.1 Å². The molecule has 0 unspecified atom stereocenters. The monoisotopic (exact) mass is 626 g/mol. The summed E-state index contributed by atoms with van der Waals surface area (Å²) >= 11 is 6.03. The fourth-order valence-corrected chi connectivity index (χ4v) is 6.89. The largest absolute Gasteiger partial charge is 0.443 e. The normalized spacial score (nSPS) is 18.5. The Morgan fingerprint density at radius 2 is 1.61 bits per heavy atom. The van der Waals surface area contributed by atoms with Crippen molar-refractivity contribution in [1.29, 1.82) is 0 Å². The highest BCUT2D eigenvalue weighted by atomic mass is 79.9. The van der Waals surface area contributed by atoms with Crippen LogP contribution in [-0.2, 0) is 17.6 Å². The summed E-state index contributed by atoms with van der Waals surface area (Å²) in [5.41, 5.74) is 1.13. The summed E-state index contributed by atoms with van der Waals surface area (Å²) in [6.45, 7) is 11.0. The molecule has 6 heterocycles. The molecule has 2 N–H and O–H groups in total. The van der Waals surface area contributed by atoms with Crippen LogP contribution in [-0.4, -0.2) is 77.6 Å². The van der Waals surface area contributed by atoms with Gasteiger partial charge in [0, 0.05) is 39.0 Å². The Labute approximate surface area is 239 Å². The van der Waals surface area contributed by atoms with E-state index in [4.69, 9.17) is 4.74 Å². The quantitative estimate of drug-likeness (QED) is 0.483. The Kier molecular flexibility index (Phi) is 9.77. The van der Waals surface area contributed by atoms with Gasteiger partial charge in [-0.25, -0.2) is 19.7 Å². The van der Waals surface area contributed by atoms with Gasteiger partial charge in [0.05, 0.1) is 11.4 Å². The van der Waals surface area contributed by atoms with Gasteiger partial charge >= 0.3 is 6.09 Å². The van der Waals surface area contributed by atoms with Crippen LogP contribution in [0.1, 0.15) is 77.2 Å². The number of carbonyl (C=O) groups is 3. The first kappa shape index (κ1) is 28.9. The third-order valence-corrected chi connectivity index (χ3v) is 8.86. The third-order valence-electron chi connectivity index (χ3n) is 6.17. The highest BCUT2D eigenvalue weighted by molar-refractivity contribution is 9.11. The molecule has 10 nitrogen and oxygen atoms in total. The van der Waals surface area contributed by atoms with Crippen LogP contribution in [0.3, 0.4) is 0 Å². The molecule has 2 saturated heterocycles. The number of amides is 3. The molecule has 0 spiro atoms. The summed E-state index contributed by atoms with van der Waals surface area (Å²) in [6.07, 6.45) is 6.13. The van der Waals surface area contributed by atoms with E-state index in [1.807, 2.05) is 0 Å². The lowest BCUT2D eigenvalue weighted by Crippen LogP contribution is -2.44. The van der Waals surface area contributed by atoms with E-state index in [2.05, 4.69) is 41.4 Å². The summed E-state index contributed by atoms with van der Waals surface area (Å²) < 4.78 is 5.87. The number of anilines is 1. The van der Waals surface area contributed by atoms with E-state index >= 15 is 0 Å². The van der Waals surface area contributed by atoms with Crippen LogP contribution in [0.25, 0.3) is 0 Å². The van der Waals surface area contributed by atoms with Crippen molar-refractivity contribution in [2.45, 2.75) is 64.9 Å². The van der Waals surface area contributed by atoms with E-state index in [0.29, 0.717) is 21.8 Å². The predicted octanol–water partition coefficient (Wildman–Crippen LogP) is 4.24. The highest BCUT2D eigenvalue weighted by Crippen LogP contribution is 2.31. The van der Waals surface area contributed by atoms with Gasteiger partial charge in [-0.05, 0) is 75.5 Å². The molecule has 0 aliphatic carbocycles.